The van der Waals surface area contributed by atoms with Crippen LogP contribution < -0.4 is 9.47 Å². The van der Waals surface area contributed by atoms with E-state index in [0.717, 1.165) is 11.3 Å². The number of hydrogen-bond donors (Lipinski definition) is 1. The summed E-state index contributed by atoms with van der Waals surface area (Å²) in [5.74, 6) is 2.07. The molecule has 0 fully saturated rings. The molecule has 0 aliphatic heterocycles. The van der Waals surface area contributed by atoms with E-state index in [0.29, 0.717) is 11.5 Å². The van der Waals surface area contributed by atoms with Gasteiger partial charge in [-0.3, -0.25) is 0 Å². The van der Waals surface area contributed by atoms with Crippen LogP contribution in [0.2, 0.25) is 0 Å². The van der Waals surface area contributed by atoms with E-state index in [1.54, 1.807) is 20.1 Å². The number of rotatable bonds is 4. The molecule has 1 atom stereocenters. The van der Waals surface area contributed by atoms with Crippen LogP contribution >= 0.6 is 0 Å². The van der Waals surface area contributed by atoms with E-state index in [2.05, 4.69) is 0 Å². The first kappa shape index (κ1) is 12.5. The molecule has 3 nitrogen and oxygen atoms in total. The Balaban J connectivity index is 2.28. The molecule has 18 heavy (non-hydrogen) atoms. The first-order valence-electron chi connectivity index (χ1n) is 5.79. The van der Waals surface area contributed by atoms with E-state index >= 15 is 0 Å². The molecule has 0 heterocycles. The highest BCUT2D eigenvalue weighted by Gasteiger charge is 2.09. The molecule has 0 aromatic heterocycles. The van der Waals surface area contributed by atoms with Crippen LogP contribution in [0.5, 0.6) is 17.2 Å². The summed E-state index contributed by atoms with van der Waals surface area (Å²) in [6, 6.07) is 14.8. The summed E-state index contributed by atoms with van der Waals surface area (Å²) in [6.45, 7) is 1.72. The Kier molecular flexibility index (Phi) is 3.85. The predicted molar refractivity (Wildman–Crippen MR) is 70.1 cm³/mol. The van der Waals surface area contributed by atoms with Crippen molar-refractivity contribution in [1.29, 1.82) is 0 Å². The second-order valence-corrected chi connectivity index (χ2v) is 3.99. The topological polar surface area (TPSA) is 38.7 Å². The maximum atomic E-state index is 9.68. The monoisotopic (exact) mass is 244 g/mol. The Labute approximate surface area is 107 Å². The summed E-state index contributed by atoms with van der Waals surface area (Å²) >= 11 is 0. The third-order valence-corrected chi connectivity index (χ3v) is 2.64. The molecule has 0 aliphatic rings. The molecule has 0 amide bonds. The zero-order valence-corrected chi connectivity index (χ0v) is 10.5. The molecule has 0 saturated heterocycles. The van der Waals surface area contributed by atoms with Crippen molar-refractivity contribution < 1.29 is 14.6 Å². The Morgan fingerprint density at radius 1 is 1.00 bits per heavy atom. The molecule has 0 radical (unpaired) electrons. The van der Waals surface area contributed by atoms with Gasteiger partial charge in [0.25, 0.3) is 0 Å². The normalized spacial score (nSPS) is 11.9. The van der Waals surface area contributed by atoms with Gasteiger partial charge >= 0.3 is 0 Å². The van der Waals surface area contributed by atoms with Gasteiger partial charge in [-0.1, -0.05) is 24.3 Å². The van der Waals surface area contributed by atoms with E-state index in [-0.39, 0.29) is 0 Å². The van der Waals surface area contributed by atoms with E-state index in [1.165, 1.54) is 0 Å². The SMILES string of the molecule is COc1cccc(Oc2ccccc2[C@@H](C)O)c1. The molecule has 94 valence electrons. The maximum absolute atomic E-state index is 9.68. The van der Waals surface area contributed by atoms with Crippen LogP contribution in [-0.2, 0) is 0 Å². The highest BCUT2D eigenvalue weighted by atomic mass is 16.5. The summed E-state index contributed by atoms with van der Waals surface area (Å²) in [6.07, 6.45) is -0.563. The molecule has 0 bridgehead atoms. The third-order valence-electron chi connectivity index (χ3n) is 2.64. The average Bonchev–Trinajstić information content (AvgIpc) is 2.39. The highest BCUT2D eigenvalue weighted by molar-refractivity contribution is 5.41. The molecule has 0 saturated carbocycles. The van der Waals surface area contributed by atoms with Gasteiger partial charge in [0.2, 0.25) is 0 Å². The van der Waals surface area contributed by atoms with Gasteiger partial charge in [-0.05, 0) is 25.1 Å². The smallest absolute Gasteiger partial charge is 0.133 e. The number of hydrogen-bond acceptors (Lipinski definition) is 3. The van der Waals surface area contributed by atoms with Crippen molar-refractivity contribution in [1.82, 2.24) is 0 Å². The number of para-hydroxylation sites is 1. The lowest BCUT2D eigenvalue weighted by Gasteiger charge is -2.13. The van der Waals surface area contributed by atoms with Crippen LogP contribution in [0.25, 0.3) is 0 Å². The fourth-order valence-corrected chi connectivity index (χ4v) is 1.71. The second-order valence-electron chi connectivity index (χ2n) is 3.99. The third kappa shape index (κ3) is 2.81. The van der Waals surface area contributed by atoms with Crippen LogP contribution in [0.3, 0.4) is 0 Å². The van der Waals surface area contributed by atoms with Crippen LogP contribution in [0, 0.1) is 0 Å². The number of benzene rings is 2. The minimum atomic E-state index is -0.563. The van der Waals surface area contributed by atoms with Gasteiger partial charge < -0.3 is 14.6 Å². The molecule has 0 unspecified atom stereocenters. The molecule has 2 aromatic carbocycles. The fourth-order valence-electron chi connectivity index (χ4n) is 1.71. The summed E-state index contributed by atoms with van der Waals surface area (Å²) in [7, 11) is 1.61. The van der Waals surface area contributed by atoms with Gasteiger partial charge in [-0.15, -0.1) is 0 Å². The van der Waals surface area contributed by atoms with Gasteiger partial charge in [0.15, 0.2) is 0 Å². The Morgan fingerprint density at radius 3 is 2.44 bits per heavy atom. The second kappa shape index (κ2) is 5.56. The predicted octanol–water partition coefficient (Wildman–Crippen LogP) is 3.54. The van der Waals surface area contributed by atoms with Crippen molar-refractivity contribution in [2.24, 2.45) is 0 Å². The van der Waals surface area contributed by atoms with E-state index < -0.39 is 6.10 Å². The number of aliphatic hydroxyl groups is 1. The van der Waals surface area contributed by atoms with Gasteiger partial charge in [0.05, 0.1) is 13.2 Å². The number of aliphatic hydroxyl groups excluding tert-OH is 1. The van der Waals surface area contributed by atoms with Crippen molar-refractivity contribution in [3.05, 3.63) is 54.1 Å². The fraction of sp³-hybridized carbons (Fsp3) is 0.200. The molecule has 1 N–H and O–H groups in total. The molecule has 0 spiro atoms. The number of methoxy groups -OCH3 is 1. The summed E-state index contributed by atoms with van der Waals surface area (Å²) in [5, 5.41) is 9.68. The zero-order chi connectivity index (χ0) is 13.0. The Hall–Kier alpha value is -2.00. The van der Waals surface area contributed by atoms with Crippen LogP contribution in [0.1, 0.15) is 18.6 Å². The highest BCUT2D eigenvalue weighted by Crippen LogP contribution is 2.30. The minimum absolute atomic E-state index is 0.563. The van der Waals surface area contributed by atoms with Gasteiger partial charge in [0.1, 0.15) is 17.2 Å². The number of ether oxygens (including phenoxy) is 2. The summed E-state index contributed by atoms with van der Waals surface area (Å²) in [5.41, 5.74) is 0.764. The van der Waals surface area contributed by atoms with Gasteiger partial charge in [0, 0.05) is 11.6 Å². The largest absolute Gasteiger partial charge is 0.497 e. The molecule has 0 aliphatic carbocycles. The summed E-state index contributed by atoms with van der Waals surface area (Å²) < 4.78 is 10.9. The quantitative estimate of drug-likeness (QED) is 0.894. The lowest BCUT2D eigenvalue weighted by molar-refractivity contribution is 0.195. The first-order chi connectivity index (χ1) is 8.70. The average molecular weight is 244 g/mol. The standard InChI is InChI=1S/C15H16O3/c1-11(16)14-8-3-4-9-15(14)18-13-7-5-6-12(10-13)17-2/h3-11,16H,1-2H3/t11-/m1/s1. The Bertz CT molecular complexity index is 521. The van der Waals surface area contributed by atoms with Crippen molar-refractivity contribution in [2.75, 3.05) is 7.11 Å². The van der Waals surface area contributed by atoms with E-state index in [1.807, 2.05) is 42.5 Å². The molecular weight excluding hydrogens is 228 g/mol. The van der Waals surface area contributed by atoms with Crippen molar-refractivity contribution in [2.45, 2.75) is 13.0 Å². The first-order valence-corrected chi connectivity index (χ1v) is 5.79. The summed E-state index contributed by atoms with van der Waals surface area (Å²) in [4.78, 5) is 0. The van der Waals surface area contributed by atoms with Crippen molar-refractivity contribution in [3.63, 3.8) is 0 Å². The van der Waals surface area contributed by atoms with Crippen LogP contribution in [0.15, 0.2) is 48.5 Å². The molecule has 3 heteroatoms. The van der Waals surface area contributed by atoms with E-state index in [4.69, 9.17) is 9.47 Å². The molecular formula is C15H16O3. The van der Waals surface area contributed by atoms with Crippen molar-refractivity contribution >= 4 is 0 Å². The van der Waals surface area contributed by atoms with Crippen molar-refractivity contribution in [3.8, 4) is 17.2 Å². The van der Waals surface area contributed by atoms with E-state index in [9.17, 15) is 5.11 Å². The lowest BCUT2D eigenvalue weighted by Crippen LogP contribution is -1.95. The van der Waals surface area contributed by atoms with Gasteiger partial charge in [-0.2, -0.15) is 0 Å². The lowest BCUT2D eigenvalue weighted by atomic mass is 10.1. The molecule has 2 rings (SSSR count). The van der Waals surface area contributed by atoms with Gasteiger partial charge in [-0.25, -0.2) is 0 Å². The van der Waals surface area contributed by atoms with Crippen LogP contribution in [0.4, 0.5) is 0 Å². The maximum Gasteiger partial charge on any atom is 0.133 e. The zero-order valence-electron chi connectivity index (χ0n) is 10.5. The minimum Gasteiger partial charge on any atom is -0.497 e. The molecule has 2 aromatic rings. The van der Waals surface area contributed by atoms with Crippen LogP contribution in [-0.4, -0.2) is 12.2 Å². The Morgan fingerprint density at radius 2 is 1.72 bits per heavy atom.